The van der Waals surface area contributed by atoms with E-state index in [4.69, 9.17) is 29.8 Å². The molecule has 20 heteroatoms. The quantitative estimate of drug-likeness (QED) is 0.0795. The van der Waals surface area contributed by atoms with E-state index in [2.05, 4.69) is 0 Å². The van der Waals surface area contributed by atoms with Gasteiger partial charge in [-0.15, -0.1) is 0 Å². The largest absolute Gasteiger partial charge is 0.480 e. The van der Waals surface area contributed by atoms with Gasteiger partial charge in [-0.2, -0.15) is 0 Å². The Bertz CT molecular complexity index is 675. The van der Waals surface area contributed by atoms with Crippen LogP contribution >= 0.6 is 22.8 Å². The van der Waals surface area contributed by atoms with E-state index in [9.17, 15) is 33.1 Å². The number of hydrogen-bond acceptors (Lipinski definition) is 8. The molecule has 0 unspecified atom stereocenters. The number of rotatable bonds is 16. The van der Waals surface area contributed by atoms with Gasteiger partial charge in [-0.1, -0.05) is 0 Å². The van der Waals surface area contributed by atoms with E-state index in [1.54, 1.807) is 0 Å². The van der Waals surface area contributed by atoms with Crippen molar-refractivity contribution in [2.45, 2.75) is 0 Å². The van der Waals surface area contributed by atoms with Crippen LogP contribution in [0.2, 0.25) is 0 Å². The zero-order valence-corrected chi connectivity index (χ0v) is 21.0. The maximum atomic E-state index is 11.3. The maximum absolute atomic E-state index is 11.3. The Kier molecular flexibility index (Phi) is 16.1. The van der Waals surface area contributed by atoms with E-state index in [1.807, 2.05) is 0 Å². The first-order valence-corrected chi connectivity index (χ1v) is 13.5. The zero-order valence-electron chi connectivity index (χ0n) is 16.0. The number of carboxylic acid groups (broad SMARTS) is 2. The second kappa shape index (κ2) is 14.8. The monoisotopic (exact) mass is 659 g/mol. The Labute approximate surface area is 209 Å². The Morgan fingerprint density at radius 1 is 0.548 bits per heavy atom. The van der Waals surface area contributed by atoms with Crippen molar-refractivity contribution in [2.24, 2.45) is 0 Å². The first kappa shape index (κ1) is 33.8. The molecule has 0 spiro atoms. The van der Waals surface area contributed by atoms with Gasteiger partial charge in [-0.3, -0.25) is 38.0 Å². The minimum atomic E-state index is -4.63. The summed E-state index contributed by atoms with van der Waals surface area (Å²) in [6, 6.07) is 0. The molecular weight excluding hydrogens is 632 g/mol. The van der Waals surface area contributed by atoms with Crippen molar-refractivity contribution < 1.29 is 103 Å². The second-order valence-corrected chi connectivity index (χ2v) is 11.3. The predicted octanol–water partition coefficient (Wildman–Crippen LogP) is -2.53. The molecular formula is C11H26GdN3O13P3. The summed E-state index contributed by atoms with van der Waals surface area (Å²) in [6.07, 6.45) is -2.67. The SMILES string of the molecule is O=C(O)CN(CCN(CCN(CC(=O)O)CP(=O)(O)O)CP(=O)(O)O)CP(=O)(O)O.[Gd]. The maximum Gasteiger partial charge on any atom is 0.339 e. The van der Waals surface area contributed by atoms with Crippen LogP contribution < -0.4 is 0 Å². The van der Waals surface area contributed by atoms with Crippen LogP contribution in [-0.2, 0) is 23.3 Å². The molecule has 0 radical (unpaired) electrons. The molecule has 31 heavy (non-hydrogen) atoms. The van der Waals surface area contributed by atoms with Crippen LogP contribution in [0, 0.1) is 39.9 Å². The van der Waals surface area contributed by atoms with Crippen LogP contribution in [0.25, 0.3) is 0 Å². The van der Waals surface area contributed by atoms with Gasteiger partial charge in [-0.05, 0) is 0 Å². The van der Waals surface area contributed by atoms with E-state index >= 15 is 0 Å². The van der Waals surface area contributed by atoms with Crippen LogP contribution in [0.3, 0.4) is 0 Å². The fourth-order valence-corrected chi connectivity index (χ4v) is 4.71. The molecule has 0 saturated carbocycles. The van der Waals surface area contributed by atoms with Crippen LogP contribution in [-0.4, -0.2) is 124 Å². The van der Waals surface area contributed by atoms with Gasteiger partial charge in [0, 0.05) is 66.1 Å². The van der Waals surface area contributed by atoms with E-state index in [1.165, 1.54) is 0 Å². The average molecular weight is 659 g/mol. The Balaban J connectivity index is 0. The zero-order chi connectivity index (χ0) is 23.8. The smallest absolute Gasteiger partial charge is 0.339 e. The number of aliphatic carboxylic acids is 2. The molecule has 0 fully saturated rings. The molecule has 0 aromatic carbocycles. The van der Waals surface area contributed by atoms with Gasteiger partial charge in [0.2, 0.25) is 0 Å². The molecule has 0 aliphatic carbocycles. The minimum Gasteiger partial charge on any atom is -0.480 e. The summed E-state index contributed by atoms with van der Waals surface area (Å²) in [6.45, 7) is -2.66. The summed E-state index contributed by atoms with van der Waals surface area (Å²) in [5.74, 6) is -2.78. The molecule has 0 atom stereocenters. The molecule has 0 aromatic rings. The molecule has 16 nitrogen and oxygen atoms in total. The van der Waals surface area contributed by atoms with Crippen molar-refractivity contribution in [1.82, 2.24) is 14.7 Å². The molecule has 0 aliphatic rings. The fourth-order valence-electron chi connectivity index (χ4n) is 2.38. The number of carbonyl (C=O) groups is 2. The molecule has 0 saturated heterocycles. The number of nitrogens with zero attached hydrogens (tertiary/aromatic N) is 3. The molecule has 0 amide bonds. The van der Waals surface area contributed by atoms with Gasteiger partial charge in [0.05, 0.1) is 13.1 Å². The van der Waals surface area contributed by atoms with E-state index in [0.29, 0.717) is 0 Å². The van der Waals surface area contributed by atoms with Crippen molar-refractivity contribution in [1.29, 1.82) is 0 Å². The first-order valence-electron chi connectivity index (χ1n) is 8.11. The van der Waals surface area contributed by atoms with Crippen molar-refractivity contribution in [3.8, 4) is 0 Å². The van der Waals surface area contributed by atoms with Crippen molar-refractivity contribution in [3.63, 3.8) is 0 Å². The molecule has 0 aliphatic heterocycles. The van der Waals surface area contributed by atoms with Gasteiger partial charge in [0.25, 0.3) is 0 Å². The number of hydrogen-bond donors (Lipinski definition) is 8. The minimum absolute atomic E-state index is 0. The molecule has 8 N–H and O–H groups in total. The van der Waals surface area contributed by atoms with Crippen LogP contribution in [0.1, 0.15) is 0 Å². The van der Waals surface area contributed by atoms with E-state index < -0.39 is 66.7 Å². The molecule has 0 bridgehead atoms. The second-order valence-electron chi connectivity index (χ2n) is 6.43. The van der Waals surface area contributed by atoms with Gasteiger partial charge in [-0.25, -0.2) is 0 Å². The normalized spacial score (nSPS) is 12.9. The predicted molar refractivity (Wildman–Crippen MR) is 101 cm³/mol. The van der Waals surface area contributed by atoms with Crippen LogP contribution in [0.4, 0.5) is 0 Å². The summed E-state index contributed by atoms with van der Waals surface area (Å²) in [7, 11) is -13.9. The number of carboxylic acids is 2. The molecule has 186 valence electrons. The van der Waals surface area contributed by atoms with Crippen molar-refractivity contribution in [3.05, 3.63) is 0 Å². The van der Waals surface area contributed by atoms with Gasteiger partial charge < -0.3 is 39.6 Å². The molecule has 0 aromatic heterocycles. The third-order valence-electron chi connectivity index (χ3n) is 3.34. The Morgan fingerprint density at radius 3 is 1.00 bits per heavy atom. The average Bonchev–Trinajstić information content (AvgIpc) is 2.43. The van der Waals surface area contributed by atoms with Crippen LogP contribution in [0.5, 0.6) is 0 Å². The summed E-state index contributed by atoms with van der Waals surface area (Å²) >= 11 is 0. The van der Waals surface area contributed by atoms with E-state index in [-0.39, 0.29) is 66.1 Å². The Hall–Kier alpha value is 0.595. The van der Waals surface area contributed by atoms with Crippen LogP contribution in [0.15, 0.2) is 0 Å². The van der Waals surface area contributed by atoms with Gasteiger partial charge in [0.1, 0.15) is 18.9 Å². The van der Waals surface area contributed by atoms with Gasteiger partial charge >= 0.3 is 34.7 Å². The fraction of sp³-hybridized carbons (Fsp3) is 0.818. The standard InChI is InChI=1S/C11H26N3O13P3.Gd/c15-10(16)5-13(8-29(22,23)24)3-1-12(7-28(19,20)21)2-4-14(6-11(17)18)9-30(25,26)27;/h1-9H2,(H,15,16)(H,17,18)(H2,19,20,21)(H2,22,23,24)(H2,25,26,27);. The van der Waals surface area contributed by atoms with Crippen molar-refractivity contribution in [2.75, 3.05) is 58.1 Å². The third-order valence-corrected chi connectivity index (χ3v) is 5.64. The summed E-state index contributed by atoms with van der Waals surface area (Å²) < 4.78 is 33.6. The first-order chi connectivity index (χ1) is 13.4. The van der Waals surface area contributed by atoms with Crippen molar-refractivity contribution >= 4 is 34.7 Å². The third kappa shape index (κ3) is 22.2. The summed E-state index contributed by atoms with van der Waals surface area (Å²) in [4.78, 5) is 79.0. The Morgan fingerprint density at radius 2 is 0.774 bits per heavy atom. The summed E-state index contributed by atoms with van der Waals surface area (Å²) in [5.41, 5.74) is 0. The molecule has 0 heterocycles. The molecule has 0 rings (SSSR count). The topological polar surface area (TPSA) is 257 Å². The summed E-state index contributed by atoms with van der Waals surface area (Å²) in [5, 5.41) is 17.7. The van der Waals surface area contributed by atoms with Gasteiger partial charge in [0.15, 0.2) is 0 Å². The van der Waals surface area contributed by atoms with E-state index in [0.717, 1.165) is 14.7 Å².